The maximum Gasteiger partial charge on any atom is 0.254 e. The third kappa shape index (κ3) is 4.11. The Bertz CT molecular complexity index is 1060. The molecule has 1 aliphatic heterocycles. The summed E-state index contributed by atoms with van der Waals surface area (Å²) in [5, 5.41) is 7.30. The van der Waals surface area contributed by atoms with Crippen molar-refractivity contribution in [2.75, 3.05) is 29.9 Å². The van der Waals surface area contributed by atoms with Gasteiger partial charge in [0.1, 0.15) is 12.4 Å². The lowest BCUT2D eigenvalue weighted by atomic mass is 10.1. The number of piperazine rings is 1. The Labute approximate surface area is 167 Å². The number of anilines is 3. The summed E-state index contributed by atoms with van der Waals surface area (Å²) in [6.45, 7) is 0.651. The number of nitrogens with zero attached hydrogens (tertiary/aromatic N) is 4. The average Bonchev–Trinajstić information content (AvgIpc) is 3.12. The lowest BCUT2D eigenvalue weighted by Crippen LogP contribution is -2.52. The monoisotopic (exact) mass is 393 g/mol. The normalized spacial score (nSPS) is 14.2. The largest absolute Gasteiger partial charge is 0.353 e. The van der Waals surface area contributed by atoms with Gasteiger partial charge in [-0.15, -0.1) is 0 Å². The van der Waals surface area contributed by atoms with E-state index in [9.17, 15) is 14.0 Å². The predicted octanol–water partition coefficient (Wildman–Crippen LogP) is 2.79. The molecule has 1 N–H and O–H groups in total. The van der Waals surface area contributed by atoms with Crippen molar-refractivity contribution in [3.63, 3.8) is 0 Å². The Kier molecular flexibility index (Phi) is 4.99. The molecule has 2 heterocycles. The second-order valence-corrected chi connectivity index (χ2v) is 6.86. The van der Waals surface area contributed by atoms with Crippen LogP contribution in [0.25, 0.3) is 0 Å². The number of amides is 2. The van der Waals surface area contributed by atoms with E-state index in [-0.39, 0.29) is 18.4 Å². The zero-order chi connectivity index (χ0) is 20.4. The highest BCUT2D eigenvalue weighted by Gasteiger charge is 2.28. The van der Waals surface area contributed by atoms with Gasteiger partial charge in [-0.3, -0.25) is 14.3 Å². The molecule has 7 nitrogen and oxygen atoms in total. The molecular formula is C21H20FN5O2. The van der Waals surface area contributed by atoms with Crippen molar-refractivity contribution in [3.05, 3.63) is 72.3 Å². The van der Waals surface area contributed by atoms with E-state index in [1.807, 2.05) is 19.3 Å². The van der Waals surface area contributed by atoms with Gasteiger partial charge in [0, 0.05) is 43.3 Å². The smallest absolute Gasteiger partial charge is 0.254 e. The SMILES string of the molecule is Cn1cc(Nc2cccc(C(=O)N3CCN(c4cccc(F)c4)C(=O)C3)c2)cn1. The third-order valence-corrected chi connectivity index (χ3v) is 4.73. The molecule has 0 aliphatic carbocycles. The van der Waals surface area contributed by atoms with E-state index in [1.54, 1.807) is 41.2 Å². The van der Waals surface area contributed by atoms with Crippen molar-refractivity contribution in [2.45, 2.75) is 0 Å². The van der Waals surface area contributed by atoms with Crippen LogP contribution in [0.4, 0.5) is 21.5 Å². The molecule has 0 unspecified atom stereocenters. The number of hydrogen-bond acceptors (Lipinski definition) is 4. The zero-order valence-corrected chi connectivity index (χ0v) is 15.9. The lowest BCUT2D eigenvalue weighted by Gasteiger charge is -2.34. The van der Waals surface area contributed by atoms with Gasteiger partial charge in [-0.05, 0) is 36.4 Å². The minimum atomic E-state index is -0.397. The maximum absolute atomic E-state index is 13.5. The van der Waals surface area contributed by atoms with Crippen molar-refractivity contribution in [2.24, 2.45) is 7.05 Å². The quantitative estimate of drug-likeness (QED) is 0.740. The van der Waals surface area contributed by atoms with Gasteiger partial charge in [0.2, 0.25) is 5.91 Å². The number of nitrogens with one attached hydrogen (secondary N) is 1. The second-order valence-electron chi connectivity index (χ2n) is 6.86. The molecule has 1 fully saturated rings. The molecule has 2 amide bonds. The van der Waals surface area contributed by atoms with Gasteiger partial charge in [0.05, 0.1) is 11.9 Å². The number of halogens is 1. The van der Waals surface area contributed by atoms with E-state index < -0.39 is 5.82 Å². The fourth-order valence-corrected chi connectivity index (χ4v) is 3.33. The molecule has 148 valence electrons. The first kappa shape index (κ1) is 18.7. The molecule has 1 aliphatic rings. The molecule has 1 saturated heterocycles. The van der Waals surface area contributed by atoms with Crippen LogP contribution >= 0.6 is 0 Å². The first-order valence-electron chi connectivity index (χ1n) is 9.20. The average molecular weight is 393 g/mol. The molecule has 8 heteroatoms. The van der Waals surface area contributed by atoms with Crippen LogP contribution in [0.2, 0.25) is 0 Å². The fourth-order valence-electron chi connectivity index (χ4n) is 3.33. The molecule has 0 bridgehead atoms. The summed E-state index contributed by atoms with van der Waals surface area (Å²) in [6.07, 6.45) is 3.53. The molecule has 0 atom stereocenters. The molecule has 29 heavy (non-hydrogen) atoms. The van der Waals surface area contributed by atoms with Gasteiger partial charge in [-0.1, -0.05) is 12.1 Å². The van der Waals surface area contributed by atoms with E-state index in [0.29, 0.717) is 24.3 Å². The van der Waals surface area contributed by atoms with Crippen LogP contribution in [-0.2, 0) is 11.8 Å². The fraction of sp³-hybridized carbons (Fsp3) is 0.190. The summed E-state index contributed by atoms with van der Waals surface area (Å²) in [6, 6.07) is 13.0. The predicted molar refractivity (Wildman–Crippen MR) is 108 cm³/mol. The Morgan fingerprint density at radius 3 is 2.66 bits per heavy atom. The minimum absolute atomic E-state index is 0.0460. The van der Waals surface area contributed by atoms with Crippen LogP contribution in [0, 0.1) is 5.82 Å². The van der Waals surface area contributed by atoms with Crippen molar-refractivity contribution < 1.29 is 14.0 Å². The first-order valence-corrected chi connectivity index (χ1v) is 9.20. The summed E-state index contributed by atoms with van der Waals surface area (Å²) in [5.74, 6) is -0.848. The standard InChI is InChI=1S/C21H20FN5O2/c1-25-13-18(12-23-25)24-17-6-2-4-15(10-17)21(29)26-8-9-27(20(28)14-26)19-7-3-5-16(22)11-19/h2-7,10-13,24H,8-9,14H2,1H3. The first-order chi connectivity index (χ1) is 14.0. The van der Waals surface area contributed by atoms with Crippen molar-refractivity contribution in [1.82, 2.24) is 14.7 Å². The van der Waals surface area contributed by atoms with Crippen LogP contribution in [0.1, 0.15) is 10.4 Å². The minimum Gasteiger partial charge on any atom is -0.353 e. The van der Waals surface area contributed by atoms with Crippen LogP contribution < -0.4 is 10.2 Å². The summed E-state index contributed by atoms with van der Waals surface area (Å²) in [4.78, 5) is 28.5. The summed E-state index contributed by atoms with van der Waals surface area (Å²) >= 11 is 0. The number of rotatable bonds is 4. The highest BCUT2D eigenvalue weighted by Crippen LogP contribution is 2.21. The van der Waals surface area contributed by atoms with Crippen LogP contribution in [0.5, 0.6) is 0 Å². The summed E-state index contributed by atoms with van der Waals surface area (Å²) in [5.41, 5.74) is 2.57. The maximum atomic E-state index is 13.5. The molecule has 0 saturated carbocycles. The number of carbonyl (C=O) groups is 2. The van der Waals surface area contributed by atoms with E-state index >= 15 is 0 Å². The molecule has 4 rings (SSSR count). The highest BCUT2D eigenvalue weighted by molar-refractivity contribution is 6.02. The van der Waals surface area contributed by atoms with E-state index in [0.717, 1.165) is 11.4 Å². The van der Waals surface area contributed by atoms with Crippen molar-refractivity contribution in [1.29, 1.82) is 0 Å². The van der Waals surface area contributed by atoms with Gasteiger partial charge in [0.15, 0.2) is 0 Å². The molecule has 2 aromatic carbocycles. The number of benzene rings is 2. The molecule has 0 radical (unpaired) electrons. The lowest BCUT2D eigenvalue weighted by molar-refractivity contribution is -0.120. The summed E-state index contributed by atoms with van der Waals surface area (Å²) < 4.78 is 15.1. The van der Waals surface area contributed by atoms with Gasteiger partial charge in [-0.25, -0.2) is 4.39 Å². The molecule has 3 aromatic rings. The zero-order valence-electron chi connectivity index (χ0n) is 15.9. The van der Waals surface area contributed by atoms with Crippen LogP contribution in [0.3, 0.4) is 0 Å². The van der Waals surface area contributed by atoms with Gasteiger partial charge in [0.25, 0.3) is 5.91 Å². The van der Waals surface area contributed by atoms with Gasteiger partial charge < -0.3 is 15.1 Å². The molecule has 0 spiro atoms. The van der Waals surface area contributed by atoms with E-state index in [4.69, 9.17) is 0 Å². The van der Waals surface area contributed by atoms with Gasteiger partial charge in [-0.2, -0.15) is 5.10 Å². The number of hydrogen-bond donors (Lipinski definition) is 1. The van der Waals surface area contributed by atoms with E-state index in [1.165, 1.54) is 21.9 Å². The highest BCUT2D eigenvalue weighted by atomic mass is 19.1. The van der Waals surface area contributed by atoms with Crippen LogP contribution in [-0.4, -0.2) is 46.1 Å². The topological polar surface area (TPSA) is 70.5 Å². The Balaban J connectivity index is 1.45. The second kappa shape index (κ2) is 7.75. The third-order valence-electron chi connectivity index (χ3n) is 4.73. The number of aryl methyl sites for hydroxylation is 1. The summed E-state index contributed by atoms with van der Waals surface area (Å²) in [7, 11) is 1.83. The molecular weight excluding hydrogens is 373 g/mol. The van der Waals surface area contributed by atoms with Crippen molar-refractivity contribution in [3.8, 4) is 0 Å². The van der Waals surface area contributed by atoms with Crippen LogP contribution in [0.15, 0.2) is 60.9 Å². The number of aromatic nitrogens is 2. The van der Waals surface area contributed by atoms with Gasteiger partial charge >= 0.3 is 0 Å². The van der Waals surface area contributed by atoms with E-state index in [2.05, 4.69) is 10.4 Å². The number of carbonyl (C=O) groups excluding carboxylic acids is 2. The van der Waals surface area contributed by atoms with Crippen molar-refractivity contribution >= 4 is 28.9 Å². The Morgan fingerprint density at radius 2 is 1.93 bits per heavy atom. The molecule has 1 aromatic heterocycles. The Morgan fingerprint density at radius 1 is 1.10 bits per heavy atom. The Hall–Kier alpha value is -3.68.